The average molecular weight is 186 g/mol. The van der Waals surface area contributed by atoms with E-state index >= 15 is 0 Å². The molecular formula is C7H10N2O2S. The van der Waals surface area contributed by atoms with Gasteiger partial charge < -0.3 is 0 Å². The predicted octanol–water partition coefficient (Wildman–Crippen LogP) is -0.159. The van der Waals surface area contributed by atoms with Gasteiger partial charge in [0.25, 0.3) is 0 Å². The SMILES string of the molecule is C#CCNS(=O)(=O)C(C#N)CC. The van der Waals surface area contributed by atoms with Crippen molar-refractivity contribution in [3.8, 4) is 18.4 Å². The zero-order chi connectivity index (χ0) is 9.61. The van der Waals surface area contributed by atoms with E-state index in [-0.39, 0.29) is 13.0 Å². The standard InChI is InChI=1S/C7H10N2O2S/c1-3-5-9-12(10,11)7(4-2)6-8/h1,7,9H,4-5H2,2H3. The number of sulfonamides is 1. The van der Waals surface area contributed by atoms with E-state index in [9.17, 15) is 8.42 Å². The molecule has 0 aliphatic rings. The molecule has 0 saturated heterocycles. The van der Waals surface area contributed by atoms with Crippen LogP contribution in [0.2, 0.25) is 0 Å². The Morgan fingerprint density at radius 2 is 2.25 bits per heavy atom. The van der Waals surface area contributed by atoms with E-state index in [4.69, 9.17) is 11.7 Å². The molecule has 0 saturated carbocycles. The van der Waals surface area contributed by atoms with Crippen molar-refractivity contribution in [2.24, 2.45) is 0 Å². The Hall–Kier alpha value is -1.04. The van der Waals surface area contributed by atoms with Crippen molar-refractivity contribution in [3.05, 3.63) is 0 Å². The predicted molar refractivity (Wildman–Crippen MR) is 45.4 cm³/mol. The largest absolute Gasteiger partial charge is 0.228 e. The molecule has 1 atom stereocenters. The number of nitrogens with zero attached hydrogens (tertiary/aromatic N) is 1. The highest BCUT2D eigenvalue weighted by Crippen LogP contribution is 2.01. The van der Waals surface area contributed by atoms with Gasteiger partial charge in [0.1, 0.15) is 0 Å². The zero-order valence-corrected chi connectivity index (χ0v) is 7.56. The number of hydrogen-bond acceptors (Lipinski definition) is 3. The molecule has 0 aliphatic carbocycles. The lowest BCUT2D eigenvalue weighted by molar-refractivity contribution is 0.577. The van der Waals surface area contributed by atoms with Gasteiger partial charge in [0, 0.05) is 0 Å². The molecule has 0 aromatic carbocycles. The smallest absolute Gasteiger partial charge is 0.211 e. The van der Waals surface area contributed by atoms with Crippen LogP contribution in [0.3, 0.4) is 0 Å². The quantitative estimate of drug-likeness (QED) is 0.620. The lowest BCUT2D eigenvalue weighted by Gasteiger charge is -2.06. The normalized spacial score (nSPS) is 12.9. The van der Waals surface area contributed by atoms with E-state index in [2.05, 4.69) is 10.6 Å². The fourth-order valence-electron chi connectivity index (χ4n) is 0.623. The second-order valence-corrected chi connectivity index (χ2v) is 4.04. The highest BCUT2D eigenvalue weighted by atomic mass is 32.2. The first-order valence-electron chi connectivity index (χ1n) is 3.40. The maximum atomic E-state index is 11.1. The molecule has 0 spiro atoms. The Kier molecular flexibility index (Phi) is 4.35. The van der Waals surface area contributed by atoms with Crippen LogP contribution < -0.4 is 4.72 Å². The zero-order valence-electron chi connectivity index (χ0n) is 6.74. The maximum absolute atomic E-state index is 11.1. The number of terminal acetylenes is 1. The minimum atomic E-state index is -3.54. The molecule has 0 rings (SSSR count). The average Bonchev–Trinajstić information content (AvgIpc) is 2.03. The first kappa shape index (κ1) is 11.0. The topological polar surface area (TPSA) is 70.0 Å². The fraction of sp³-hybridized carbons (Fsp3) is 0.571. The van der Waals surface area contributed by atoms with Crippen LogP contribution in [0.1, 0.15) is 13.3 Å². The van der Waals surface area contributed by atoms with Crippen LogP contribution >= 0.6 is 0 Å². The molecule has 0 fully saturated rings. The summed E-state index contributed by atoms with van der Waals surface area (Å²) in [6.07, 6.45) is 5.12. The molecule has 5 heteroatoms. The summed E-state index contributed by atoms with van der Waals surface area (Å²) in [5.74, 6) is 2.13. The summed E-state index contributed by atoms with van der Waals surface area (Å²) >= 11 is 0. The van der Waals surface area contributed by atoms with Gasteiger partial charge in [0.2, 0.25) is 10.0 Å². The van der Waals surface area contributed by atoms with Gasteiger partial charge in [0.05, 0.1) is 12.6 Å². The van der Waals surface area contributed by atoms with Gasteiger partial charge >= 0.3 is 0 Å². The van der Waals surface area contributed by atoms with Gasteiger partial charge in [-0.1, -0.05) is 12.8 Å². The third-order valence-corrected chi connectivity index (χ3v) is 3.00. The Labute approximate surface area is 72.6 Å². The van der Waals surface area contributed by atoms with E-state index in [1.54, 1.807) is 13.0 Å². The van der Waals surface area contributed by atoms with E-state index in [0.29, 0.717) is 0 Å². The van der Waals surface area contributed by atoms with Crippen molar-refractivity contribution in [1.29, 1.82) is 5.26 Å². The van der Waals surface area contributed by atoms with Crippen LogP contribution in [0.5, 0.6) is 0 Å². The van der Waals surface area contributed by atoms with E-state index < -0.39 is 15.3 Å². The molecule has 0 heterocycles. The third-order valence-electron chi connectivity index (χ3n) is 1.26. The van der Waals surface area contributed by atoms with Crippen LogP contribution in [-0.4, -0.2) is 20.2 Å². The van der Waals surface area contributed by atoms with Gasteiger partial charge in [-0.15, -0.1) is 6.42 Å². The molecule has 0 aromatic rings. The Morgan fingerprint density at radius 1 is 1.67 bits per heavy atom. The molecule has 0 radical (unpaired) electrons. The van der Waals surface area contributed by atoms with Gasteiger partial charge in [-0.3, -0.25) is 0 Å². The summed E-state index contributed by atoms with van der Waals surface area (Å²) in [5, 5.41) is 7.43. The number of hydrogen-bond donors (Lipinski definition) is 1. The van der Waals surface area contributed by atoms with Gasteiger partial charge in [0.15, 0.2) is 5.25 Å². The van der Waals surface area contributed by atoms with Gasteiger partial charge in [-0.2, -0.15) is 5.26 Å². The van der Waals surface area contributed by atoms with Crippen molar-refractivity contribution in [2.75, 3.05) is 6.54 Å². The first-order valence-corrected chi connectivity index (χ1v) is 4.94. The van der Waals surface area contributed by atoms with Crippen LogP contribution in [0.25, 0.3) is 0 Å². The summed E-state index contributed by atoms with van der Waals surface area (Å²) < 4.78 is 24.4. The second-order valence-electron chi connectivity index (χ2n) is 2.10. The first-order chi connectivity index (χ1) is 5.58. The Morgan fingerprint density at radius 3 is 2.58 bits per heavy atom. The molecule has 66 valence electrons. The molecule has 12 heavy (non-hydrogen) atoms. The summed E-state index contributed by atoms with van der Waals surface area (Å²) in [6.45, 7) is 1.56. The third kappa shape index (κ3) is 2.91. The van der Waals surface area contributed by atoms with Crippen molar-refractivity contribution in [1.82, 2.24) is 4.72 Å². The molecule has 4 nitrogen and oxygen atoms in total. The number of rotatable bonds is 4. The van der Waals surface area contributed by atoms with Crippen LogP contribution in [0, 0.1) is 23.7 Å². The summed E-state index contributed by atoms with van der Waals surface area (Å²) in [5.41, 5.74) is 0. The summed E-state index contributed by atoms with van der Waals surface area (Å²) in [7, 11) is -3.54. The van der Waals surface area contributed by atoms with Crippen LogP contribution in [-0.2, 0) is 10.0 Å². The molecule has 0 aromatic heterocycles. The Balaban J connectivity index is 4.43. The minimum absolute atomic E-state index is 0.0689. The molecule has 0 bridgehead atoms. The summed E-state index contributed by atoms with van der Waals surface area (Å²) in [4.78, 5) is 0. The van der Waals surface area contributed by atoms with Crippen molar-refractivity contribution >= 4 is 10.0 Å². The van der Waals surface area contributed by atoms with E-state index in [0.717, 1.165) is 0 Å². The molecule has 1 N–H and O–H groups in total. The maximum Gasteiger partial charge on any atom is 0.228 e. The highest BCUT2D eigenvalue weighted by molar-refractivity contribution is 7.90. The molecule has 0 aliphatic heterocycles. The summed E-state index contributed by atoms with van der Waals surface area (Å²) in [6, 6.07) is 1.68. The second kappa shape index (κ2) is 4.76. The lowest BCUT2D eigenvalue weighted by Crippen LogP contribution is -2.33. The highest BCUT2D eigenvalue weighted by Gasteiger charge is 2.21. The van der Waals surface area contributed by atoms with E-state index in [1.807, 2.05) is 0 Å². The lowest BCUT2D eigenvalue weighted by atomic mass is 10.4. The molecule has 0 amide bonds. The van der Waals surface area contributed by atoms with Crippen LogP contribution in [0.15, 0.2) is 0 Å². The minimum Gasteiger partial charge on any atom is -0.211 e. The fourth-order valence-corrected chi connectivity index (χ4v) is 1.69. The molecule has 1 unspecified atom stereocenters. The van der Waals surface area contributed by atoms with Gasteiger partial charge in [-0.05, 0) is 6.42 Å². The van der Waals surface area contributed by atoms with Gasteiger partial charge in [-0.25, -0.2) is 13.1 Å². The van der Waals surface area contributed by atoms with Crippen molar-refractivity contribution in [2.45, 2.75) is 18.6 Å². The van der Waals surface area contributed by atoms with Crippen LogP contribution in [0.4, 0.5) is 0 Å². The monoisotopic (exact) mass is 186 g/mol. The van der Waals surface area contributed by atoms with Crippen molar-refractivity contribution in [3.63, 3.8) is 0 Å². The number of nitrogens with one attached hydrogen (secondary N) is 1. The van der Waals surface area contributed by atoms with Crippen molar-refractivity contribution < 1.29 is 8.42 Å². The Bertz CT molecular complexity index is 307. The molecular weight excluding hydrogens is 176 g/mol. The van der Waals surface area contributed by atoms with E-state index in [1.165, 1.54) is 0 Å². The number of nitriles is 1.